The summed E-state index contributed by atoms with van der Waals surface area (Å²) in [6.45, 7) is 3.78. The number of aryl methyl sites for hydroxylation is 2. The van der Waals surface area contributed by atoms with Gasteiger partial charge in [0.05, 0.1) is 37.1 Å². The molecule has 5 rings (SSSR count). The number of hydrogen-bond donors (Lipinski definition) is 2. The first-order chi connectivity index (χ1) is 18.5. The molecule has 204 valence electrons. The number of aliphatic hydroxyl groups is 1. The number of rotatable bonds is 7. The molecule has 1 aliphatic heterocycles. The number of nitrogens with zero attached hydrogens (tertiary/aromatic N) is 3. The Hall–Kier alpha value is -3.42. The number of aromatic nitrogens is 3. The van der Waals surface area contributed by atoms with E-state index in [1.165, 1.54) is 24.7 Å². The monoisotopic (exact) mass is 622 g/mol. The van der Waals surface area contributed by atoms with Gasteiger partial charge in [-0.3, -0.25) is 4.72 Å². The van der Waals surface area contributed by atoms with Crippen LogP contribution in [0.2, 0.25) is 0 Å². The molecule has 1 aliphatic carbocycles. The molecule has 2 aromatic heterocycles. The largest absolute Gasteiger partial charge is 0.516 e. The molecule has 1 aromatic carbocycles. The fourth-order valence-corrected chi connectivity index (χ4v) is 6.01. The van der Waals surface area contributed by atoms with E-state index in [2.05, 4.69) is 20.9 Å². The summed E-state index contributed by atoms with van der Waals surface area (Å²) < 4.78 is 73.3. The molecule has 0 saturated heterocycles. The number of nitrogens with one attached hydrogen (secondary N) is 1. The molecule has 0 fully saturated rings. The number of para-hydroxylation sites is 1. The Morgan fingerprint density at radius 1 is 1.13 bits per heavy atom. The quantitative estimate of drug-likeness (QED) is 0.223. The van der Waals surface area contributed by atoms with Crippen LogP contribution in [0, 0.1) is 6.92 Å². The van der Waals surface area contributed by atoms with E-state index in [-0.39, 0.29) is 24.4 Å². The molecule has 3 aromatic rings. The van der Waals surface area contributed by atoms with E-state index in [0.717, 1.165) is 17.0 Å². The summed E-state index contributed by atoms with van der Waals surface area (Å²) in [7, 11) is -5.67. The van der Waals surface area contributed by atoms with Gasteiger partial charge in [0.15, 0.2) is 5.65 Å². The fraction of sp³-hybridized carbons (Fsp3) is 0.231. The van der Waals surface area contributed by atoms with Gasteiger partial charge in [0.1, 0.15) is 11.3 Å². The average Bonchev–Trinajstić information content (AvgIpc) is 3.39. The average molecular weight is 623 g/mol. The van der Waals surface area contributed by atoms with Crippen LogP contribution in [0.4, 0.5) is 18.9 Å². The number of alkyl halides is 3. The van der Waals surface area contributed by atoms with E-state index in [4.69, 9.17) is 9.40 Å². The summed E-state index contributed by atoms with van der Waals surface area (Å²) in [6.07, 6.45) is 3.56. The summed E-state index contributed by atoms with van der Waals surface area (Å²) in [4.78, 5) is 9.36. The third-order valence-electron chi connectivity index (χ3n) is 6.44. The molecule has 0 amide bonds. The molecule has 8 nitrogen and oxygen atoms in total. The van der Waals surface area contributed by atoms with Crippen LogP contribution in [0.1, 0.15) is 29.6 Å². The molecular formula is C26H22BrF3N4O4S. The van der Waals surface area contributed by atoms with Gasteiger partial charge in [0.2, 0.25) is 0 Å². The molecule has 13 heteroatoms. The highest BCUT2D eigenvalue weighted by molar-refractivity contribution is 9.10. The number of pyridine rings is 1. The lowest BCUT2D eigenvalue weighted by Crippen LogP contribution is -2.30. The van der Waals surface area contributed by atoms with Crippen LogP contribution in [-0.4, -0.2) is 33.6 Å². The fourth-order valence-electron chi connectivity index (χ4n) is 4.67. The van der Waals surface area contributed by atoms with Crippen molar-refractivity contribution in [1.29, 1.82) is 0 Å². The van der Waals surface area contributed by atoms with Crippen LogP contribution in [0.5, 0.6) is 0 Å². The van der Waals surface area contributed by atoms with Crippen LogP contribution in [-0.2, 0) is 29.6 Å². The highest BCUT2D eigenvalue weighted by atomic mass is 79.9. The third-order valence-corrected chi connectivity index (χ3v) is 8.36. The lowest BCUT2D eigenvalue weighted by Gasteiger charge is -2.16. The molecule has 2 N–H and O–H groups in total. The summed E-state index contributed by atoms with van der Waals surface area (Å²) >= 11 is 3.58. The third kappa shape index (κ3) is 4.68. The van der Waals surface area contributed by atoms with Gasteiger partial charge in [-0.1, -0.05) is 25.1 Å². The van der Waals surface area contributed by atoms with E-state index < -0.39 is 15.5 Å². The maximum Gasteiger partial charge on any atom is 0.516 e. The van der Waals surface area contributed by atoms with Crippen molar-refractivity contribution in [3.05, 3.63) is 76.0 Å². The standard InChI is InChI=1S/C26H22BrF3N4O4S/c1-3-21-32-24-14(2)10-15(12-35)31-25(24)34(21)11-18-16-8-9-38-13-19(16)23(27)22(18)17-6-4-5-7-20(17)33-39(36,37)26(28,29)30/h4-10,13,33,35H,3,11-12H2,1-2H3. The Morgan fingerprint density at radius 3 is 2.56 bits per heavy atom. The summed E-state index contributed by atoms with van der Waals surface area (Å²) in [5, 5.41) is 9.74. The van der Waals surface area contributed by atoms with E-state index >= 15 is 0 Å². The van der Waals surface area contributed by atoms with Crippen molar-refractivity contribution in [2.24, 2.45) is 0 Å². The minimum absolute atomic E-state index is 0.211. The molecule has 0 atom stereocenters. The lowest BCUT2D eigenvalue weighted by atomic mass is 10.0. The zero-order valence-corrected chi connectivity index (χ0v) is 23.1. The summed E-state index contributed by atoms with van der Waals surface area (Å²) in [5.74, 6) is 0.721. The number of halogens is 4. The van der Waals surface area contributed by atoms with Crippen molar-refractivity contribution in [2.75, 3.05) is 4.72 Å². The van der Waals surface area contributed by atoms with Gasteiger partial charge in [0, 0.05) is 27.6 Å². The normalized spacial score (nSPS) is 12.5. The number of imidazole rings is 1. The molecule has 0 bridgehead atoms. The predicted molar refractivity (Wildman–Crippen MR) is 144 cm³/mol. The molecular weight excluding hydrogens is 601 g/mol. The molecule has 0 unspecified atom stereocenters. The second-order valence-electron chi connectivity index (χ2n) is 8.88. The second kappa shape index (κ2) is 9.96. The highest BCUT2D eigenvalue weighted by Crippen LogP contribution is 2.48. The maximum absolute atomic E-state index is 13.3. The van der Waals surface area contributed by atoms with Crippen LogP contribution in [0.15, 0.2) is 57.8 Å². The van der Waals surface area contributed by atoms with Gasteiger partial charge in [-0.2, -0.15) is 21.6 Å². The Bertz CT molecular complexity index is 1780. The first kappa shape index (κ1) is 27.2. The van der Waals surface area contributed by atoms with E-state index in [9.17, 15) is 26.7 Å². The van der Waals surface area contributed by atoms with E-state index in [1.807, 2.05) is 18.4 Å². The van der Waals surface area contributed by atoms with Crippen molar-refractivity contribution in [2.45, 2.75) is 38.9 Å². The number of fused-ring (bicyclic) bond motifs is 2. The van der Waals surface area contributed by atoms with Crippen LogP contribution < -0.4 is 4.72 Å². The molecule has 0 radical (unpaired) electrons. The summed E-state index contributed by atoms with van der Waals surface area (Å²) in [5.41, 5.74) is -0.352. The highest BCUT2D eigenvalue weighted by Gasteiger charge is 2.46. The van der Waals surface area contributed by atoms with Gasteiger partial charge in [-0.25, -0.2) is 9.97 Å². The number of benzene rings is 1. The van der Waals surface area contributed by atoms with Gasteiger partial charge < -0.3 is 14.1 Å². The molecule has 39 heavy (non-hydrogen) atoms. The van der Waals surface area contributed by atoms with Gasteiger partial charge in [-0.05, 0) is 57.7 Å². The van der Waals surface area contributed by atoms with Crippen molar-refractivity contribution < 1.29 is 31.1 Å². The molecule has 0 saturated carbocycles. The van der Waals surface area contributed by atoms with Gasteiger partial charge in [-0.15, -0.1) is 0 Å². The Kier molecular flexibility index (Phi) is 6.93. The van der Waals surface area contributed by atoms with E-state index in [1.54, 1.807) is 29.0 Å². The van der Waals surface area contributed by atoms with Crippen LogP contribution >= 0.6 is 15.9 Å². The smallest absolute Gasteiger partial charge is 0.472 e. The summed E-state index contributed by atoms with van der Waals surface area (Å²) in [6, 6.07) is 9.40. The van der Waals surface area contributed by atoms with Gasteiger partial charge in [0.25, 0.3) is 0 Å². The molecule has 0 spiro atoms. The first-order valence-electron chi connectivity index (χ1n) is 11.8. The zero-order chi connectivity index (χ0) is 28.1. The van der Waals surface area contributed by atoms with Gasteiger partial charge >= 0.3 is 15.5 Å². The number of hydrogen-bond acceptors (Lipinski definition) is 6. The SMILES string of the molecule is CCc1nc2c(C)cc(CO)nc2n1Cc1c2ccocc-2c(Br)c1-c1ccccc1NS(=O)(=O)C(F)(F)F. The first-order valence-corrected chi connectivity index (χ1v) is 14.1. The Labute approximate surface area is 230 Å². The molecule has 2 aliphatic rings. The van der Waals surface area contributed by atoms with Crippen LogP contribution in [0.3, 0.4) is 0 Å². The van der Waals surface area contributed by atoms with E-state index in [0.29, 0.717) is 44.4 Å². The number of anilines is 1. The Balaban J connectivity index is 1.76. The minimum atomic E-state index is -5.67. The molecule has 3 heterocycles. The van der Waals surface area contributed by atoms with Crippen molar-refractivity contribution in [1.82, 2.24) is 14.5 Å². The Morgan fingerprint density at radius 2 is 1.87 bits per heavy atom. The number of sulfonamides is 1. The second-order valence-corrected chi connectivity index (χ2v) is 11.3. The van der Waals surface area contributed by atoms with Crippen molar-refractivity contribution >= 4 is 42.8 Å². The lowest BCUT2D eigenvalue weighted by molar-refractivity contribution is -0.0429. The van der Waals surface area contributed by atoms with Crippen molar-refractivity contribution in [3.63, 3.8) is 0 Å². The zero-order valence-electron chi connectivity index (χ0n) is 20.7. The maximum atomic E-state index is 13.3. The van der Waals surface area contributed by atoms with Crippen LogP contribution in [0.25, 0.3) is 33.4 Å². The predicted octanol–water partition coefficient (Wildman–Crippen LogP) is 6.23. The minimum Gasteiger partial charge on any atom is -0.472 e. The number of aliphatic hydroxyl groups excluding tert-OH is 1. The topological polar surface area (TPSA) is 110 Å². The van der Waals surface area contributed by atoms with Crippen molar-refractivity contribution in [3.8, 4) is 22.3 Å².